The topological polar surface area (TPSA) is 0 Å². The van der Waals surface area contributed by atoms with E-state index in [4.69, 9.17) is 0 Å². The first-order valence-electron chi connectivity index (χ1n) is 13.6. The molecule has 0 aliphatic heterocycles. The van der Waals surface area contributed by atoms with E-state index in [2.05, 4.69) is 135 Å². The molecule has 182 valence electrons. The number of hydrogen-bond donors (Lipinski definition) is 0. The third-order valence-corrected chi connectivity index (χ3v) is 8.14. The van der Waals surface area contributed by atoms with E-state index in [9.17, 15) is 0 Å². The second-order valence-electron chi connectivity index (χ2n) is 10.5. The van der Waals surface area contributed by atoms with Gasteiger partial charge in [0.05, 0.1) is 0 Å². The van der Waals surface area contributed by atoms with Crippen molar-refractivity contribution in [1.29, 1.82) is 0 Å². The van der Waals surface area contributed by atoms with E-state index in [1.165, 1.54) is 77.9 Å². The van der Waals surface area contributed by atoms with Gasteiger partial charge in [-0.2, -0.15) is 0 Å². The largest absolute Gasteiger partial charge is 0.0801 e. The van der Waals surface area contributed by atoms with Gasteiger partial charge in [-0.25, -0.2) is 0 Å². The van der Waals surface area contributed by atoms with Crippen LogP contribution in [0.1, 0.15) is 34.2 Å². The summed E-state index contributed by atoms with van der Waals surface area (Å²) in [5.74, 6) is 0. The van der Waals surface area contributed by atoms with Crippen molar-refractivity contribution in [3.05, 3.63) is 149 Å². The zero-order valence-corrected chi connectivity index (χ0v) is 22.0. The van der Waals surface area contributed by atoms with Gasteiger partial charge in [0.1, 0.15) is 0 Å². The standard InChI is InChI=1S/C38H30/c1-25-22-31-24-33-34(28-20-12-13-21-28)26(2)35(29-16-8-4-9-17-29)37(30-18-10-5-11-19-30)38(33)36(31)32(23-25)27-14-6-3-7-15-27/h3-20,22-23H,21,24H2,1-2H3. The van der Waals surface area contributed by atoms with Crippen LogP contribution in [0.3, 0.4) is 0 Å². The lowest BCUT2D eigenvalue weighted by molar-refractivity contribution is 1.21. The Labute approximate surface area is 225 Å². The molecule has 0 heterocycles. The van der Waals surface area contributed by atoms with Crippen molar-refractivity contribution < 1.29 is 0 Å². The van der Waals surface area contributed by atoms with Crippen LogP contribution in [-0.4, -0.2) is 0 Å². The Morgan fingerprint density at radius 2 is 1.16 bits per heavy atom. The van der Waals surface area contributed by atoms with Crippen molar-refractivity contribution in [3.8, 4) is 44.5 Å². The number of aryl methyl sites for hydroxylation is 1. The van der Waals surface area contributed by atoms with Gasteiger partial charge < -0.3 is 0 Å². The highest BCUT2D eigenvalue weighted by Gasteiger charge is 2.33. The van der Waals surface area contributed by atoms with E-state index in [0.717, 1.165) is 12.8 Å². The molecule has 0 bridgehead atoms. The first-order chi connectivity index (χ1) is 18.7. The van der Waals surface area contributed by atoms with Crippen molar-refractivity contribution in [1.82, 2.24) is 0 Å². The Balaban J connectivity index is 1.67. The normalized spacial score (nSPS) is 13.4. The van der Waals surface area contributed by atoms with Crippen LogP contribution in [0.4, 0.5) is 0 Å². The van der Waals surface area contributed by atoms with Crippen molar-refractivity contribution in [3.63, 3.8) is 0 Å². The molecule has 0 nitrogen and oxygen atoms in total. The molecule has 0 spiro atoms. The van der Waals surface area contributed by atoms with E-state index < -0.39 is 0 Å². The van der Waals surface area contributed by atoms with Crippen molar-refractivity contribution >= 4 is 5.57 Å². The fourth-order valence-electron chi connectivity index (χ4n) is 6.65. The van der Waals surface area contributed by atoms with Gasteiger partial charge in [0.15, 0.2) is 0 Å². The minimum absolute atomic E-state index is 0.967. The van der Waals surface area contributed by atoms with Crippen molar-refractivity contribution in [2.24, 2.45) is 0 Å². The number of rotatable bonds is 4. The smallest absolute Gasteiger partial charge is 0.000674 e. The average Bonchev–Trinajstić information content (AvgIpc) is 3.62. The van der Waals surface area contributed by atoms with E-state index in [1.54, 1.807) is 0 Å². The highest BCUT2D eigenvalue weighted by molar-refractivity contribution is 6.06. The number of fused-ring (bicyclic) bond motifs is 3. The van der Waals surface area contributed by atoms with Crippen molar-refractivity contribution in [2.75, 3.05) is 0 Å². The monoisotopic (exact) mass is 486 g/mol. The molecule has 38 heavy (non-hydrogen) atoms. The maximum atomic E-state index is 2.42. The van der Waals surface area contributed by atoms with Gasteiger partial charge in [-0.05, 0) is 99.0 Å². The van der Waals surface area contributed by atoms with Crippen LogP contribution in [0.15, 0.2) is 121 Å². The van der Waals surface area contributed by atoms with Gasteiger partial charge in [-0.3, -0.25) is 0 Å². The fraction of sp³-hybridized carbons (Fsp3) is 0.105. The Kier molecular flexibility index (Phi) is 5.48. The summed E-state index contributed by atoms with van der Waals surface area (Å²) in [6.45, 7) is 4.58. The maximum Gasteiger partial charge on any atom is -0.000674 e. The third kappa shape index (κ3) is 3.60. The lowest BCUT2D eigenvalue weighted by Gasteiger charge is -2.25. The Morgan fingerprint density at radius 1 is 0.553 bits per heavy atom. The Bertz CT molecular complexity index is 1730. The van der Waals surface area contributed by atoms with Crippen molar-refractivity contribution in [2.45, 2.75) is 26.7 Å². The van der Waals surface area contributed by atoms with Gasteiger partial charge >= 0.3 is 0 Å². The molecule has 2 aliphatic carbocycles. The zero-order valence-electron chi connectivity index (χ0n) is 22.0. The van der Waals surface area contributed by atoms with Crippen LogP contribution >= 0.6 is 0 Å². The first kappa shape index (κ1) is 22.8. The van der Waals surface area contributed by atoms with E-state index in [1.807, 2.05) is 0 Å². The van der Waals surface area contributed by atoms with E-state index in [-0.39, 0.29) is 0 Å². The van der Waals surface area contributed by atoms with Crippen LogP contribution in [0.25, 0.3) is 50.1 Å². The molecule has 2 aliphatic rings. The Morgan fingerprint density at radius 3 is 1.76 bits per heavy atom. The van der Waals surface area contributed by atoms with E-state index in [0.29, 0.717) is 0 Å². The summed E-state index contributed by atoms with van der Waals surface area (Å²) < 4.78 is 0. The summed E-state index contributed by atoms with van der Waals surface area (Å²) in [7, 11) is 0. The van der Waals surface area contributed by atoms with Gasteiger partial charge in [-0.1, -0.05) is 127 Å². The molecule has 0 saturated carbocycles. The minimum atomic E-state index is 0.967. The van der Waals surface area contributed by atoms with Gasteiger partial charge in [-0.15, -0.1) is 0 Å². The third-order valence-electron chi connectivity index (χ3n) is 8.14. The quantitative estimate of drug-likeness (QED) is 0.232. The molecule has 0 aromatic heterocycles. The van der Waals surface area contributed by atoms with Gasteiger partial charge in [0.2, 0.25) is 0 Å². The summed E-state index contributed by atoms with van der Waals surface area (Å²) in [5.41, 5.74) is 19.2. The molecule has 0 amide bonds. The molecule has 0 N–H and O–H groups in total. The fourth-order valence-corrected chi connectivity index (χ4v) is 6.65. The molecule has 0 radical (unpaired) electrons. The zero-order chi connectivity index (χ0) is 25.6. The highest BCUT2D eigenvalue weighted by atomic mass is 14.4. The summed E-state index contributed by atoms with van der Waals surface area (Å²) >= 11 is 0. The second kappa shape index (κ2) is 9.15. The van der Waals surface area contributed by atoms with Crippen LogP contribution in [0.5, 0.6) is 0 Å². The van der Waals surface area contributed by atoms with Gasteiger partial charge in [0.25, 0.3) is 0 Å². The number of benzene rings is 5. The van der Waals surface area contributed by atoms with Gasteiger partial charge in [0, 0.05) is 0 Å². The molecule has 0 saturated heterocycles. The van der Waals surface area contributed by atoms with E-state index >= 15 is 0 Å². The van der Waals surface area contributed by atoms with Crippen LogP contribution in [-0.2, 0) is 6.42 Å². The molecule has 5 aromatic rings. The molecule has 0 atom stereocenters. The SMILES string of the molecule is Cc1cc2c(c(-c3ccccc3)c1)-c1c(c(C3=CC=CC3)c(C)c(-c3ccccc3)c1-c1ccccc1)C2. The highest BCUT2D eigenvalue weighted by Crippen LogP contribution is 2.55. The summed E-state index contributed by atoms with van der Waals surface area (Å²) in [5, 5.41) is 0. The predicted octanol–water partition coefficient (Wildman–Crippen LogP) is 10.2. The van der Waals surface area contributed by atoms with Crippen LogP contribution in [0, 0.1) is 13.8 Å². The molecular formula is C38H30. The lowest BCUT2D eigenvalue weighted by Crippen LogP contribution is -2.02. The summed E-state index contributed by atoms with van der Waals surface area (Å²) in [4.78, 5) is 0. The predicted molar refractivity (Wildman–Crippen MR) is 162 cm³/mol. The Hall–Kier alpha value is -4.42. The lowest BCUT2D eigenvalue weighted by atomic mass is 9.78. The minimum Gasteiger partial charge on any atom is -0.0801 e. The molecule has 0 fully saturated rings. The molecular weight excluding hydrogens is 456 g/mol. The molecule has 7 rings (SSSR count). The number of hydrogen-bond acceptors (Lipinski definition) is 0. The summed E-state index contributed by atoms with van der Waals surface area (Å²) in [6, 6.07) is 37.8. The van der Waals surface area contributed by atoms with Crippen LogP contribution < -0.4 is 0 Å². The first-order valence-corrected chi connectivity index (χ1v) is 13.6. The molecule has 0 heteroatoms. The van der Waals surface area contributed by atoms with Crippen LogP contribution in [0.2, 0.25) is 0 Å². The number of allylic oxidation sites excluding steroid dienone is 4. The maximum absolute atomic E-state index is 2.42. The second-order valence-corrected chi connectivity index (χ2v) is 10.5. The summed E-state index contributed by atoms with van der Waals surface area (Å²) in [6.07, 6.45) is 8.79. The molecule has 5 aromatic carbocycles. The average molecular weight is 487 g/mol. The molecule has 0 unspecified atom stereocenters.